The molecule has 1 aliphatic carbocycles. The molecule has 0 saturated heterocycles. The Kier molecular flexibility index (Phi) is 6.64. The number of aryl methyl sites for hydroxylation is 2. The average Bonchev–Trinajstić information content (AvgIpc) is 2.91. The van der Waals surface area contributed by atoms with Crippen molar-refractivity contribution in [2.75, 3.05) is 20.1 Å². The van der Waals surface area contributed by atoms with Crippen molar-refractivity contribution in [1.82, 2.24) is 15.2 Å². The lowest BCUT2D eigenvalue weighted by molar-refractivity contribution is 0.0565. The fourth-order valence-electron chi connectivity index (χ4n) is 2.92. The molecule has 22 heavy (non-hydrogen) atoms. The lowest BCUT2D eigenvalue weighted by atomic mass is 9.86. The van der Waals surface area contributed by atoms with E-state index < -0.39 is 0 Å². The van der Waals surface area contributed by atoms with Gasteiger partial charge < -0.3 is 15.3 Å². The van der Waals surface area contributed by atoms with Crippen molar-refractivity contribution in [3.63, 3.8) is 0 Å². The molecule has 124 valence electrons. The molecule has 1 aliphatic rings. The van der Waals surface area contributed by atoms with E-state index in [1.165, 1.54) is 0 Å². The summed E-state index contributed by atoms with van der Waals surface area (Å²) in [7, 11) is 1.81. The molecule has 0 aliphatic heterocycles. The predicted molar refractivity (Wildman–Crippen MR) is 89.2 cm³/mol. The van der Waals surface area contributed by atoms with Gasteiger partial charge in [0.2, 0.25) is 0 Å². The Morgan fingerprint density at radius 2 is 2.27 bits per heavy atom. The summed E-state index contributed by atoms with van der Waals surface area (Å²) in [5, 5.41) is 16.1. The number of hydrogen-bond donors (Lipinski definition) is 2. The van der Waals surface area contributed by atoms with Crippen molar-refractivity contribution in [2.45, 2.75) is 51.6 Å². The normalized spacial score (nSPS) is 21.6. The molecule has 5 nitrogen and oxygen atoms in total. The molecule has 0 spiro atoms. The van der Waals surface area contributed by atoms with Gasteiger partial charge in [-0.1, -0.05) is 12.8 Å². The van der Waals surface area contributed by atoms with Gasteiger partial charge in [-0.25, -0.2) is 9.78 Å². The van der Waals surface area contributed by atoms with Crippen molar-refractivity contribution >= 4 is 17.4 Å². The molecule has 1 fully saturated rings. The first kappa shape index (κ1) is 17.2. The van der Waals surface area contributed by atoms with Crippen LogP contribution in [0.1, 0.15) is 42.8 Å². The number of urea groups is 1. The minimum atomic E-state index is -0.253. The summed E-state index contributed by atoms with van der Waals surface area (Å²) in [4.78, 5) is 18.2. The van der Waals surface area contributed by atoms with Crippen LogP contribution < -0.4 is 5.32 Å². The Labute approximate surface area is 136 Å². The van der Waals surface area contributed by atoms with Crippen molar-refractivity contribution in [2.24, 2.45) is 5.92 Å². The number of hydrogen-bond acceptors (Lipinski definition) is 4. The highest BCUT2D eigenvalue weighted by Crippen LogP contribution is 2.24. The molecule has 2 unspecified atom stereocenters. The van der Waals surface area contributed by atoms with Gasteiger partial charge in [0, 0.05) is 43.5 Å². The molecule has 1 aromatic heterocycles. The van der Waals surface area contributed by atoms with Gasteiger partial charge in [-0.3, -0.25) is 0 Å². The van der Waals surface area contributed by atoms with Gasteiger partial charge in [-0.15, -0.1) is 11.3 Å². The van der Waals surface area contributed by atoms with Crippen LogP contribution in [0.15, 0.2) is 5.38 Å². The van der Waals surface area contributed by atoms with E-state index in [1.807, 2.05) is 6.92 Å². The minimum Gasteiger partial charge on any atom is -0.393 e. The molecule has 6 heteroatoms. The van der Waals surface area contributed by atoms with Crippen LogP contribution in [-0.4, -0.2) is 47.3 Å². The van der Waals surface area contributed by atoms with Crippen LogP contribution in [0, 0.1) is 12.8 Å². The van der Waals surface area contributed by atoms with Crippen molar-refractivity contribution in [3.8, 4) is 0 Å². The smallest absolute Gasteiger partial charge is 0.317 e. The highest BCUT2D eigenvalue weighted by Gasteiger charge is 2.25. The van der Waals surface area contributed by atoms with Crippen molar-refractivity contribution in [3.05, 3.63) is 16.1 Å². The number of rotatable bonds is 6. The zero-order valence-electron chi connectivity index (χ0n) is 13.5. The maximum Gasteiger partial charge on any atom is 0.317 e. The molecule has 2 amide bonds. The summed E-state index contributed by atoms with van der Waals surface area (Å²) in [5.41, 5.74) is 1.06. The number of aliphatic hydroxyl groups is 1. The maximum atomic E-state index is 12.1. The van der Waals surface area contributed by atoms with E-state index in [-0.39, 0.29) is 18.1 Å². The zero-order chi connectivity index (χ0) is 15.9. The third kappa shape index (κ3) is 5.25. The van der Waals surface area contributed by atoms with Crippen molar-refractivity contribution in [1.29, 1.82) is 0 Å². The Morgan fingerprint density at radius 1 is 1.50 bits per heavy atom. The lowest BCUT2D eigenvalue weighted by Crippen LogP contribution is -2.43. The average molecular weight is 325 g/mol. The maximum absolute atomic E-state index is 12.1. The second-order valence-corrected chi connectivity index (χ2v) is 7.15. The van der Waals surface area contributed by atoms with E-state index in [9.17, 15) is 9.90 Å². The number of aliphatic hydroxyl groups excluding tert-OH is 1. The molecular weight excluding hydrogens is 298 g/mol. The van der Waals surface area contributed by atoms with E-state index in [4.69, 9.17) is 0 Å². The van der Waals surface area contributed by atoms with Crippen LogP contribution >= 0.6 is 11.3 Å². The van der Waals surface area contributed by atoms with Gasteiger partial charge in [-0.05, 0) is 26.2 Å². The number of thiazole rings is 1. The molecule has 2 N–H and O–H groups in total. The standard InChI is InChI=1S/C16H27N3O2S/c1-12-11-22-15(18-12)8-5-9-17-16(21)19(2)10-13-6-3-4-7-14(13)20/h11,13-14,20H,3-10H2,1-2H3,(H,17,21). The molecule has 0 aromatic carbocycles. The lowest BCUT2D eigenvalue weighted by Gasteiger charge is -2.31. The van der Waals surface area contributed by atoms with Gasteiger partial charge in [0.25, 0.3) is 0 Å². The van der Waals surface area contributed by atoms with Crippen LogP contribution in [0.3, 0.4) is 0 Å². The fraction of sp³-hybridized carbons (Fsp3) is 0.750. The first-order chi connectivity index (χ1) is 10.6. The van der Waals surface area contributed by atoms with Crippen molar-refractivity contribution < 1.29 is 9.90 Å². The predicted octanol–water partition coefficient (Wildman–Crippen LogP) is 2.58. The Bertz CT molecular complexity index is 478. The molecule has 2 atom stereocenters. The number of amides is 2. The second kappa shape index (κ2) is 8.48. The van der Waals surface area contributed by atoms with Crippen LogP contribution in [0.2, 0.25) is 0 Å². The molecule has 0 bridgehead atoms. The number of nitrogens with zero attached hydrogens (tertiary/aromatic N) is 2. The monoisotopic (exact) mass is 325 g/mol. The van der Waals surface area contributed by atoms with E-state index in [1.54, 1.807) is 23.3 Å². The highest BCUT2D eigenvalue weighted by atomic mass is 32.1. The summed E-state index contributed by atoms with van der Waals surface area (Å²) >= 11 is 1.68. The number of aromatic nitrogens is 1. The third-order valence-corrected chi connectivity index (χ3v) is 5.26. The van der Waals surface area contributed by atoms with Gasteiger partial charge in [0.15, 0.2) is 0 Å². The zero-order valence-corrected chi connectivity index (χ0v) is 14.4. The Morgan fingerprint density at radius 3 is 2.95 bits per heavy atom. The first-order valence-electron chi connectivity index (χ1n) is 8.14. The summed E-state index contributed by atoms with van der Waals surface area (Å²) in [6.07, 6.45) is 5.70. The summed E-state index contributed by atoms with van der Waals surface area (Å²) in [6, 6.07) is -0.0481. The molecule has 0 radical (unpaired) electrons. The Balaban J connectivity index is 1.63. The minimum absolute atomic E-state index is 0.0481. The summed E-state index contributed by atoms with van der Waals surface area (Å²) < 4.78 is 0. The largest absolute Gasteiger partial charge is 0.393 e. The highest BCUT2D eigenvalue weighted by molar-refractivity contribution is 7.09. The summed E-state index contributed by atoms with van der Waals surface area (Å²) in [6.45, 7) is 3.30. The summed E-state index contributed by atoms with van der Waals surface area (Å²) in [5.74, 6) is 0.225. The van der Waals surface area contributed by atoms with Crippen LogP contribution in [0.4, 0.5) is 4.79 Å². The molecule has 1 heterocycles. The number of carbonyl (C=O) groups excluding carboxylic acids is 1. The molecular formula is C16H27N3O2S. The number of carbonyl (C=O) groups is 1. The van der Waals surface area contributed by atoms with Crippen LogP contribution in [0.5, 0.6) is 0 Å². The van der Waals surface area contributed by atoms with Crippen LogP contribution in [0.25, 0.3) is 0 Å². The fourth-order valence-corrected chi connectivity index (χ4v) is 3.74. The first-order valence-corrected chi connectivity index (χ1v) is 9.02. The van der Waals surface area contributed by atoms with E-state index in [2.05, 4.69) is 15.7 Å². The van der Waals surface area contributed by atoms with Gasteiger partial charge >= 0.3 is 6.03 Å². The van der Waals surface area contributed by atoms with Gasteiger partial charge in [-0.2, -0.15) is 0 Å². The second-order valence-electron chi connectivity index (χ2n) is 6.21. The Hall–Kier alpha value is -1.14. The third-order valence-electron chi connectivity index (χ3n) is 4.23. The van der Waals surface area contributed by atoms with Gasteiger partial charge in [0.1, 0.15) is 0 Å². The molecule has 2 rings (SSSR count). The number of nitrogens with one attached hydrogen (secondary N) is 1. The SMILES string of the molecule is Cc1csc(CCCNC(=O)N(C)CC2CCCCC2O)n1. The van der Waals surface area contributed by atoms with E-state index >= 15 is 0 Å². The quantitative estimate of drug-likeness (QED) is 0.790. The van der Waals surface area contributed by atoms with Crippen LogP contribution in [-0.2, 0) is 6.42 Å². The molecule has 1 saturated carbocycles. The topological polar surface area (TPSA) is 65.5 Å². The van der Waals surface area contributed by atoms with E-state index in [0.717, 1.165) is 49.2 Å². The van der Waals surface area contributed by atoms with Gasteiger partial charge in [0.05, 0.1) is 11.1 Å². The van der Waals surface area contributed by atoms with E-state index in [0.29, 0.717) is 13.1 Å². The molecule has 1 aromatic rings.